The van der Waals surface area contributed by atoms with Crippen molar-refractivity contribution in [1.82, 2.24) is 0 Å². The molecule has 6 heavy (non-hydrogen) atoms. The van der Waals surface area contributed by atoms with Crippen LogP contribution in [0.25, 0.3) is 0 Å². The normalized spacial score (nSPS) is 11.3. The van der Waals surface area contributed by atoms with Crippen LogP contribution in [0.15, 0.2) is 11.1 Å². The first-order valence-corrected chi connectivity index (χ1v) is 4.07. The van der Waals surface area contributed by atoms with Crippen molar-refractivity contribution in [3.8, 4) is 0 Å². The van der Waals surface area contributed by atoms with E-state index in [0.717, 1.165) is 0 Å². The second kappa shape index (κ2) is 4.34. The second-order valence-electron chi connectivity index (χ2n) is 0.653. The minimum atomic E-state index is 0.296. The summed E-state index contributed by atoms with van der Waals surface area (Å²) in [7, 11) is 0. The summed E-state index contributed by atoms with van der Waals surface area (Å²) in [6, 6.07) is 0. The molecule has 0 unspecified atom stereocenters. The number of alkyl halides is 2. The lowest BCUT2D eigenvalue weighted by Gasteiger charge is -1.81. The third-order valence-electron chi connectivity index (χ3n) is 0.218. The minimum absolute atomic E-state index is 0.296. The maximum absolute atomic E-state index is 3.23. The highest BCUT2D eigenvalue weighted by atomic mass is 79.9. The smallest absolute Gasteiger partial charge is 0.0718 e. The third kappa shape index (κ3) is 5.18. The number of rotatable bonds is 1. The molecule has 0 aliphatic rings. The van der Waals surface area contributed by atoms with E-state index in [1.165, 1.54) is 0 Å². The van der Waals surface area contributed by atoms with Gasteiger partial charge in [0.05, 0.1) is 3.74 Å². The lowest BCUT2D eigenvalue weighted by Crippen LogP contribution is -1.67. The molecule has 0 fully saturated rings. The third-order valence-corrected chi connectivity index (χ3v) is 1.13. The standard InChI is InChI=1S/C3H3Br3/c4-2-1-3(5)6/h1-3H. The summed E-state index contributed by atoms with van der Waals surface area (Å²) in [5.41, 5.74) is 0. The van der Waals surface area contributed by atoms with Gasteiger partial charge in [-0.1, -0.05) is 53.9 Å². The predicted molar refractivity (Wildman–Crippen MR) is 39.7 cm³/mol. The van der Waals surface area contributed by atoms with Crippen molar-refractivity contribution in [3.05, 3.63) is 11.1 Å². The summed E-state index contributed by atoms with van der Waals surface area (Å²) >= 11 is 9.58. The van der Waals surface area contributed by atoms with Crippen molar-refractivity contribution >= 4 is 47.8 Å². The monoisotopic (exact) mass is 276 g/mol. The predicted octanol–water partition coefficient (Wildman–Crippen LogP) is 3.01. The van der Waals surface area contributed by atoms with Crippen molar-refractivity contribution in [1.29, 1.82) is 0 Å². The van der Waals surface area contributed by atoms with Crippen molar-refractivity contribution in [2.75, 3.05) is 0 Å². The first kappa shape index (κ1) is 7.18. The van der Waals surface area contributed by atoms with Gasteiger partial charge >= 0.3 is 0 Å². The van der Waals surface area contributed by atoms with Gasteiger partial charge in [0, 0.05) is 0 Å². The van der Waals surface area contributed by atoms with Crippen LogP contribution in [0.2, 0.25) is 0 Å². The summed E-state index contributed by atoms with van der Waals surface area (Å²) in [5.74, 6) is 0. The molecule has 0 amide bonds. The average molecular weight is 279 g/mol. The van der Waals surface area contributed by atoms with E-state index in [0.29, 0.717) is 3.74 Å². The quantitative estimate of drug-likeness (QED) is 0.647. The lowest BCUT2D eigenvalue weighted by atomic mass is 10.8. The molecular weight excluding hydrogens is 276 g/mol. The molecule has 3 heteroatoms. The first-order chi connectivity index (χ1) is 2.77. The topological polar surface area (TPSA) is 0 Å². The molecular formula is C3H3Br3. The van der Waals surface area contributed by atoms with Crippen LogP contribution in [0, 0.1) is 0 Å². The van der Waals surface area contributed by atoms with E-state index in [2.05, 4.69) is 47.8 Å². The maximum atomic E-state index is 3.23. The molecule has 0 aromatic rings. The number of hydrogen-bond acceptors (Lipinski definition) is 0. The van der Waals surface area contributed by atoms with E-state index in [-0.39, 0.29) is 0 Å². The fourth-order valence-electron chi connectivity index (χ4n) is 0.0550. The molecule has 0 atom stereocenters. The molecule has 0 N–H and O–H groups in total. The maximum Gasteiger partial charge on any atom is 0.0885 e. The van der Waals surface area contributed by atoms with Gasteiger partial charge in [-0.2, -0.15) is 0 Å². The Balaban J connectivity index is 3.03. The zero-order chi connectivity index (χ0) is 4.99. The summed E-state index contributed by atoms with van der Waals surface area (Å²) in [6.45, 7) is 0. The van der Waals surface area contributed by atoms with Crippen LogP contribution in [-0.4, -0.2) is 3.74 Å². The van der Waals surface area contributed by atoms with Gasteiger partial charge < -0.3 is 0 Å². The van der Waals surface area contributed by atoms with E-state index >= 15 is 0 Å². The van der Waals surface area contributed by atoms with E-state index in [9.17, 15) is 0 Å². The molecule has 0 spiro atoms. The van der Waals surface area contributed by atoms with E-state index in [1.807, 2.05) is 6.08 Å². The number of hydrogen-bond donors (Lipinski definition) is 0. The highest BCUT2D eigenvalue weighted by molar-refractivity contribution is 9.24. The Labute approximate surface area is 62.4 Å². The fraction of sp³-hybridized carbons (Fsp3) is 0.333. The molecule has 0 nitrogen and oxygen atoms in total. The van der Waals surface area contributed by atoms with Crippen LogP contribution in [0.5, 0.6) is 0 Å². The van der Waals surface area contributed by atoms with Gasteiger partial charge in [-0.25, -0.2) is 0 Å². The summed E-state index contributed by atoms with van der Waals surface area (Å²) in [5, 5.41) is 0. The first-order valence-electron chi connectivity index (χ1n) is 1.32. The van der Waals surface area contributed by atoms with Gasteiger partial charge in [-0.05, 0) is 4.99 Å². The van der Waals surface area contributed by atoms with Crippen LogP contribution < -0.4 is 0 Å². The molecule has 0 saturated heterocycles. The Hall–Kier alpha value is 1.18. The Morgan fingerprint density at radius 3 is 1.83 bits per heavy atom. The second-order valence-corrected chi connectivity index (χ2v) is 4.38. The van der Waals surface area contributed by atoms with Crippen molar-refractivity contribution in [2.45, 2.75) is 3.74 Å². The zero-order valence-electron chi connectivity index (χ0n) is 2.87. The van der Waals surface area contributed by atoms with Gasteiger partial charge in [0.15, 0.2) is 0 Å². The van der Waals surface area contributed by atoms with Crippen LogP contribution in [0.4, 0.5) is 0 Å². The SMILES string of the molecule is BrC=CC(Br)Br. The molecule has 0 radical (unpaired) electrons. The van der Waals surface area contributed by atoms with Crippen LogP contribution in [0.1, 0.15) is 0 Å². The highest BCUT2D eigenvalue weighted by Crippen LogP contribution is 2.09. The number of halogens is 3. The largest absolute Gasteiger partial charge is 0.0885 e. The lowest BCUT2D eigenvalue weighted by molar-refractivity contribution is 1.76. The molecule has 0 aromatic heterocycles. The van der Waals surface area contributed by atoms with Crippen molar-refractivity contribution in [2.24, 2.45) is 0 Å². The van der Waals surface area contributed by atoms with E-state index in [4.69, 9.17) is 0 Å². The zero-order valence-corrected chi connectivity index (χ0v) is 7.62. The highest BCUT2D eigenvalue weighted by Gasteiger charge is 1.82. The van der Waals surface area contributed by atoms with Gasteiger partial charge in [0.2, 0.25) is 0 Å². The molecule has 0 saturated carbocycles. The number of allylic oxidation sites excluding steroid dienone is 1. The van der Waals surface area contributed by atoms with Crippen LogP contribution in [0.3, 0.4) is 0 Å². The molecule has 36 valence electrons. The molecule has 0 aliphatic heterocycles. The van der Waals surface area contributed by atoms with E-state index in [1.54, 1.807) is 4.99 Å². The minimum Gasteiger partial charge on any atom is -0.0718 e. The summed E-state index contributed by atoms with van der Waals surface area (Å²) in [6.07, 6.45) is 1.92. The van der Waals surface area contributed by atoms with Crippen LogP contribution >= 0.6 is 47.8 Å². The molecule has 0 heterocycles. The molecule has 0 aliphatic carbocycles. The van der Waals surface area contributed by atoms with Crippen molar-refractivity contribution < 1.29 is 0 Å². The van der Waals surface area contributed by atoms with Crippen LogP contribution in [-0.2, 0) is 0 Å². The molecule has 0 rings (SSSR count). The van der Waals surface area contributed by atoms with Crippen molar-refractivity contribution in [3.63, 3.8) is 0 Å². The van der Waals surface area contributed by atoms with Gasteiger partial charge in [0.25, 0.3) is 0 Å². The summed E-state index contributed by atoms with van der Waals surface area (Å²) in [4.78, 5) is 1.79. The average Bonchev–Trinajstić information content (AvgIpc) is 1.35. The van der Waals surface area contributed by atoms with E-state index < -0.39 is 0 Å². The Kier molecular flexibility index (Phi) is 5.20. The molecule has 0 aromatic carbocycles. The fourth-order valence-corrected chi connectivity index (χ4v) is 1.48. The Morgan fingerprint density at radius 1 is 1.33 bits per heavy atom. The van der Waals surface area contributed by atoms with Gasteiger partial charge in [0.1, 0.15) is 0 Å². The van der Waals surface area contributed by atoms with Gasteiger partial charge in [-0.15, -0.1) is 0 Å². The Morgan fingerprint density at radius 2 is 1.83 bits per heavy atom. The summed E-state index contributed by atoms with van der Waals surface area (Å²) < 4.78 is 0.296. The molecule has 0 bridgehead atoms. The van der Waals surface area contributed by atoms with Gasteiger partial charge in [-0.3, -0.25) is 0 Å². The Bertz CT molecular complexity index is 48.0.